The first-order valence-electron chi connectivity index (χ1n) is 14.8. The summed E-state index contributed by atoms with van der Waals surface area (Å²) in [5.41, 5.74) is 3.21. The molecule has 0 saturated carbocycles. The predicted molar refractivity (Wildman–Crippen MR) is 165 cm³/mol. The summed E-state index contributed by atoms with van der Waals surface area (Å²) in [6.07, 6.45) is 0. The number of benzene rings is 3. The number of hydrogen-bond acceptors (Lipinski definition) is 8. The first-order valence-corrected chi connectivity index (χ1v) is 16.3. The molecule has 2 heterocycles. The van der Waals surface area contributed by atoms with E-state index in [1.54, 1.807) is 19.9 Å². The molecule has 5 rings (SSSR count). The van der Waals surface area contributed by atoms with Crippen molar-refractivity contribution in [1.29, 1.82) is 0 Å². The van der Waals surface area contributed by atoms with Gasteiger partial charge in [0.15, 0.2) is 5.54 Å². The van der Waals surface area contributed by atoms with Crippen LogP contribution in [-0.4, -0.2) is 50.4 Å². The fourth-order valence-corrected chi connectivity index (χ4v) is 7.29. The molecule has 42 heavy (non-hydrogen) atoms. The fourth-order valence-electron chi connectivity index (χ4n) is 6.09. The van der Waals surface area contributed by atoms with Crippen LogP contribution < -0.4 is 14.5 Å². The zero-order valence-corrected chi connectivity index (χ0v) is 26.1. The molecule has 0 bridgehead atoms. The van der Waals surface area contributed by atoms with Gasteiger partial charge < -0.3 is 14.5 Å². The van der Waals surface area contributed by atoms with Crippen molar-refractivity contribution in [3.05, 3.63) is 82.9 Å². The van der Waals surface area contributed by atoms with Crippen LogP contribution in [0.1, 0.15) is 68.6 Å². The Kier molecular flexibility index (Phi) is 8.67. The van der Waals surface area contributed by atoms with Crippen molar-refractivity contribution in [3.8, 4) is 11.5 Å². The zero-order valence-electron chi connectivity index (χ0n) is 25.3. The van der Waals surface area contributed by atoms with Gasteiger partial charge in [-0.25, -0.2) is 4.57 Å². The summed E-state index contributed by atoms with van der Waals surface area (Å²) in [5, 5.41) is 1.19. The van der Waals surface area contributed by atoms with Gasteiger partial charge >= 0.3 is 7.82 Å². The van der Waals surface area contributed by atoms with Crippen LogP contribution in [0.4, 0.5) is 11.4 Å². The summed E-state index contributed by atoms with van der Waals surface area (Å²) >= 11 is 0. The smallest absolute Gasteiger partial charge is 0.456 e. The number of fused-ring (bicyclic) bond motifs is 6. The van der Waals surface area contributed by atoms with E-state index in [1.807, 2.05) is 54.6 Å². The number of anilines is 2. The quantitative estimate of drug-likeness (QED) is 0.202. The lowest BCUT2D eigenvalue weighted by Gasteiger charge is -2.43. The maximum Gasteiger partial charge on any atom is 0.496 e. The molecule has 1 spiro atoms. The first-order chi connectivity index (χ1) is 20.3. The lowest BCUT2D eigenvalue weighted by molar-refractivity contribution is -0.102. The summed E-state index contributed by atoms with van der Waals surface area (Å²) in [4.78, 5) is 18.7. The highest BCUT2D eigenvalue weighted by atomic mass is 31.2. The molecule has 0 atom stereocenters. The van der Waals surface area contributed by atoms with Crippen LogP contribution >= 0.6 is 7.82 Å². The highest BCUT2D eigenvalue weighted by Gasteiger charge is 2.59. The van der Waals surface area contributed by atoms with E-state index in [-0.39, 0.29) is 13.2 Å². The summed E-state index contributed by atoms with van der Waals surface area (Å²) in [6.45, 7) is 15.3. The van der Waals surface area contributed by atoms with E-state index < -0.39 is 19.3 Å². The van der Waals surface area contributed by atoms with Crippen LogP contribution in [0.3, 0.4) is 0 Å². The maximum atomic E-state index is 14.2. The lowest BCUT2D eigenvalue weighted by Crippen LogP contribution is -2.47. The Balaban J connectivity index is 1.83. The Morgan fingerprint density at radius 3 is 1.71 bits per heavy atom. The van der Waals surface area contributed by atoms with Crippen LogP contribution in [0.15, 0.2) is 60.7 Å². The molecule has 3 aromatic carbocycles. The van der Waals surface area contributed by atoms with Gasteiger partial charge in [-0.15, -0.1) is 0 Å². The molecule has 0 radical (unpaired) electrons. The molecule has 0 aromatic heterocycles. The number of hydrogen-bond donors (Lipinski definition) is 0. The van der Waals surface area contributed by atoms with E-state index in [0.717, 1.165) is 37.6 Å². The normalized spacial score (nSPS) is 14.8. The molecule has 2 aliphatic heterocycles. The molecule has 0 unspecified atom stereocenters. The molecule has 224 valence electrons. The van der Waals surface area contributed by atoms with Gasteiger partial charge in [-0.05, 0) is 59.7 Å². The van der Waals surface area contributed by atoms with Gasteiger partial charge in [-0.1, -0.05) is 30.3 Å². The van der Waals surface area contributed by atoms with Crippen molar-refractivity contribution in [2.45, 2.75) is 47.1 Å². The summed E-state index contributed by atoms with van der Waals surface area (Å²) in [6, 6.07) is 19.4. The van der Waals surface area contributed by atoms with Gasteiger partial charge in [0.1, 0.15) is 11.5 Å². The van der Waals surface area contributed by atoms with E-state index in [4.69, 9.17) is 18.4 Å². The van der Waals surface area contributed by atoms with Gasteiger partial charge in [-0.2, -0.15) is 9.69 Å². The van der Waals surface area contributed by atoms with Crippen molar-refractivity contribution in [1.82, 2.24) is 5.06 Å². The second kappa shape index (κ2) is 12.1. The van der Waals surface area contributed by atoms with E-state index in [9.17, 15) is 9.36 Å². The third-order valence-corrected chi connectivity index (χ3v) is 9.49. The largest absolute Gasteiger partial charge is 0.496 e. The number of hydroxylamine groups is 2. The van der Waals surface area contributed by atoms with Crippen LogP contribution in [-0.2, 0) is 23.8 Å². The van der Waals surface area contributed by atoms with Crippen molar-refractivity contribution >= 4 is 25.1 Å². The number of nitrogens with zero attached hydrogens (tertiary/aromatic N) is 3. The van der Waals surface area contributed by atoms with Gasteiger partial charge in [0.25, 0.3) is 5.91 Å². The highest BCUT2D eigenvalue weighted by Crippen LogP contribution is 2.62. The summed E-state index contributed by atoms with van der Waals surface area (Å²) in [5.74, 6) is 0.735. The molecule has 0 fully saturated rings. The number of rotatable bonds is 12. The second-order valence-corrected chi connectivity index (χ2v) is 11.6. The van der Waals surface area contributed by atoms with E-state index in [2.05, 4.69) is 37.5 Å². The molecule has 0 saturated heterocycles. The second-order valence-electron chi connectivity index (χ2n) is 10.0. The van der Waals surface area contributed by atoms with Gasteiger partial charge in [0, 0.05) is 71.9 Å². The van der Waals surface area contributed by atoms with Gasteiger partial charge in [0.05, 0.1) is 13.2 Å². The Morgan fingerprint density at radius 1 is 0.738 bits per heavy atom. The number of carbonyl (C=O) groups excluding carboxylic acids is 1. The number of phosphoric acid groups is 1. The molecule has 3 aromatic rings. The van der Waals surface area contributed by atoms with Crippen LogP contribution in [0.25, 0.3) is 0 Å². The molecular formula is C32H40N3O6P. The Labute approximate surface area is 248 Å². The van der Waals surface area contributed by atoms with Crippen LogP contribution in [0.2, 0.25) is 0 Å². The standard InChI is InChI=1S/C32H40N3O6P/c1-7-33(8-2)23-17-19-27-29(21-23)40-30-22-24(34(9-3)10-4)18-20-28(30)32(27)26-16-14-13-15-25(26)31(36)35(32)41-42(37,38-11-5)39-12-6/h13-22H,7-12H2,1-6H3. The Morgan fingerprint density at radius 2 is 1.24 bits per heavy atom. The Bertz CT molecular complexity index is 1430. The zero-order chi connectivity index (χ0) is 30.1. The van der Waals surface area contributed by atoms with Gasteiger partial charge in [0.2, 0.25) is 0 Å². The van der Waals surface area contributed by atoms with E-state index >= 15 is 0 Å². The third kappa shape index (κ3) is 4.78. The number of ether oxygens (including phenoxy) is 1. The minimum atomic E-state index is -4.17. The summed E-state index contributed by atoms with van der Waals surface area (Å²) < 4.78 is 37.7. The SMILES string of the molecule is CCOP(=O)(OCC)ON1C(=O)c2ccccc2C12c1ccc(N(CC)CC)cc1Oc1cc(N(CC)CC)ccc12. The molecular weight excluding hydrogens is 553 g/mol. The Hall–Kier alpha value is -3.36. The molecule has 9 nitrogen and oxygen atoms in total. The summed E-state index contributed by atoms with van der Waals surface area (Å²) in [7, 11) is -4.17. The molecule has 0 aliphatic carbocycles. The molecule has 2 aliphatic rings. The van der Waals surface area contributed by atoms with E-state index in [0.29, 0.717) is 33.8 Å². The van der Waals surface area contributed by atoms with Crippen molar-refractivity contribution < 1.29 is 27.8 Å². The molecule has 1 amide bonds. The average Bonchev–Trinajstić information content (AvgIpc) is 3.22. The number of amides is 1. The monoisotopic (exact) mass is 593 g/mol. The van der Waals surface area contributed by atoms with Crippen molar-refractivity contribution in [3.63, 3.8) is 0 Å². The minimum Gasteiger partial charge on any atom is -0.456 e. The molecule has 0 N–H and O–H groups in total. The van der Waals surface area contributed by atoms with Crippen molar-refractivity contribution in [2.24, 2.45) is 0 Å². The van der Waals surface area contributed by atoms with Crippen molar-refractivity contribution in [2.75, 3.05) is 49.2 Å². The first kappa shape index (κ1) is 30.1. The topological polar surface area (TPSA) is 80.8 Å². The molecule has 10 heteroatoms. The number of phosphoric ester groups is 1. The van der Waals surface area contributed by atoms with Crippen LogP contribution in [0.5, 0.6) is 11.5 Å². The maximum absolute atomic E-state index is 14.2. The highest BCUT2D eigenvalue weighted by molar-refractivity contribution is 7.48. The minimum absolute atomic E-state index is 0.0794. The van der Waals surface area contributed by atoms with E-state index in [1.165, 1.54) is 5.06 Å². The van der Waals surface area contributed by atoms with Crippen LogP contribution in [0, 0.1) is 0 Å². The van der Waals surface area contributed by atoms with Gasteiger partial charge in [-0.3, -0.25) is 13.8 Å². The lowest BCUT2D eigenvalue weighted by atomic mass is 9.75. The third-order valence-electron chi connectivity index (χ3n) is 7.98. The predicted octanol–water partition coefficient (Wildman–Crippen LogP) is 7.35. The fraction of sp³-hybridized carbons (Fsp3) is 0.406. The number of carbonyl (C=O) groups is 1. The average molecular weight is 594 g/mol.